The Morgan fingerprint density at radius 1 is 0.390 bits per heavy atom. The van der Waals surface area contributed by atoms with Crippen molar-refractivity contribution in [2.45, 2.75) is 0 Å². The molecule has 8 rings (SSSR count). The molecule has 41 heavy (non-hydrogen) atoms. The summed E-state index contributed by atoms with van der Waals surface area (Å²) >= 11 is 0. The van der Waals surface area contributed by atoms with Crippen molar-refractivity contribution < 1.29 is 0 Å². The fourth-order valence-electron chi connectivity index (χ4n) is 5.72. The van der Waals surface area contributed by atoms with Gasteiger partial charge in [0, 0.05) is 11.1 Å². The van der Waals surface area contributed by atoms with E-state index in [4.69, 9.17) is 9.97 Å². The maximum absolute atomic E-state index is 5.09. The summed E-state index contributed by atoms with van der Waals surface area (Å²) in [4.78, 5) is 10.2. The molecule has 0 radical (unpaired) electrons. The Hall–Kier alpha value is -5.54. The molecule has 0 amide bonds. The first-order valence-electron chi connectivity index (χ1n) is 13.8. The highest BCUT2D eigenvalue weighted by molar-refractivity contribution is 6.09. The van der Waals surface area contributed by atoms with Gasteiger partial charge in [-0.2, -0.15) is 0 Å². The van der Waals surface area contributed by atoms with E-state index in [0.29, 0.717) is 0 Å². The fraction of sp³-hybridized carbons (Fsp3) is 0. The summed E-state index contributed by atoms with van der Waals surface area (Å²) < 4.78 is 2.22. The van der Waals surface area contributed by atoms with Gasteiger partial charge in [0.05, 0.1) is 16.6 Å². The molecule has 192 valence electrons. The highest BCUT2D eigenvalue weighted by Crippen LogP contribution is 2.35. The van der Waals surface area contributed by atoms with E-state index in [2.05, 4.69) is 120 Å². The topological polar surface area (TPSA) is 30.7 Å². The van der Waals surface area contributed by atoms with Crippen LogP contribution in [-0.4, -0.2) is 14.5 Å². The van der Waals surface area contributed by atoms with E-state index in [0.717, 1.165) is 44.4 Å². The molecule has 2 heterocycles. The SMILES string of the molecule is c1ccc(-c2ccc(-c3ccc(-c4ccc5c(c4)c4nc6ccccc6nc4n5-c4ccccc4)cc3)cc2)cc1. The van der Waals surface area contributed by atoms with Crippen LogP contribution in [0.25, 0.3) is 72.2 Å². The van der Waals surface area contributed by atoms with E-state index >= 15 is 0 Å². The van der Waals surface area contributed by atoms with Crippen molar-refractivity contribution in [3.8, 4) is 39.1 Å². The summed E-state index contributed by atoms with van der Waals surface area (Å²) in [5, 5.41) is 1.10. The third-order valence-corrected chi connectivity index (χ3v) is 7.81. The summed E-state index contributed by atoms with van der Waals surface area (Å²) in [6.07, 6.45) is 0. The average Bonchev–Trinajstić information content (AvgIpc) is 3.37. The van der Waals surface area contributed by atoms with Crippen molar-refractivity contribution in [2.24, 2.45) is 0 Å². The minimum Gasteiger partial charge on any atom is -0.293 e. The molecule has 0 aliphatic heterocycles. The Kier molecular flexibility index (Phi) is 5.46. The molecule has 0 aliphatic carbocycles. The van der Waals surface area contributed by atoms with Crippen LogP contribution in [0.3, 0.4) is 0 Å². The number of fused-ring (bicyclic) bond motifs is 4. The zero-order valence-corrected chi connectivity index (χ0v) is 22.3. The van der Waals surface area contributed by atoms with Crippen LogP contribution >= 0.6 is 0 Å². The second-order valence-electron chi connectivity index (χ2n) is 10.3. The highest BCUT2D eigenvalue weighted by Gasteiger charge is 2.17. The lowest BCUT2D eigenvalue weighted by molar-refractivity contribution is 1.14. The molecule has 2 aromatic heterocycles. The van der Waals surface area contributed by atoms with Crippen molar-refractivity contribution in [2.75, 3.05) is 0 Å². The third-order valence-electron chi connectivity index (χ3n) is 7.81. The van der Waals surface area contributed by atoms with Gasteiger partial charge in [0.25, 0.3) is 0 Å². The molecular formula is C38H25N3. The first-order valence-corrected chi connectivity index (χ1v) is 13.8. The van der Waals surface area contributed by atoms with Gasteiger partial charge in [-0.1, -0.05) is 115 Å². The second kappa shape index (κ2) is 9.58. The van der Waals surface area contributed by atoms with E-state index in [-0.39, 0.29) is 0 Å². The highest BCUT2D eigenvalue weighted by atomic mass is 15.1. The van der Waals surface area contributed by atoms with Crippen LogP contribution < -0.4 is 0 Å². The quantitative estimate of drug-likeness (QED) is 0.230. The molecule has 8 aromatic rings. The van der Waals surface area contributed by atoms with Crippen molar-refractivity contribution in [1.29, 1.82) is 0 Å². The van der Waals surface area contributed by atoms with E-state index in [1.807, 2.05) is 36.4 Å². The summed E-state index contributed by atoms with van der Waals surface area (Å²) in [6, 6.07) is 53.2. The van der Waals surface area contributed by atoms with Crippen LogP contribution in [0, 0.1) is 0 Å². The van der Waals surface area contributed by atoms with Crippen molar-refractivity contribution in [3.63, 3.8) is 0 Å². The molecule has 0 atom stereocenters. The average molecular weight is 524 g/mol. The number of nitrogens with zero attached hydrogens (tertiary/aromatic N) is 3. The zero-order valence-electron chi connectivity index (χ0n) is 22.3. The predicted molar refractivity (Wildman–Crippen MR) is 170 cm³/mol. The minimum atomic E-state index is 0.872. The van der Waals surface area contributed by atoms with Gasteiger partial charge in [-0.3, -0.25) is 4.57 Å². The van der Waals surface area contributed by atoms with E-state index < -0.39 is 0 Å². The Labute approximate surface area is 238 Å². The summed E-state index contributed by atoms with van der Waals surface area (Å²) in [6.45, 7) is 0. The van der Waals surface area contributed by atoms with Gasteiger partial charge in [-0.15, -0.1) is 0 Å². The standard InChI is InChI=1S/C38H25N3/c1-3-9-26(10-4-1)27-15-17-28(18-16-27)29-19-21-30(22-20-29)31-23-24-36-33(25-31)37-38(41(36)32-11-5-2-6-12-32)40-35-14-8-7-13-34(35)39-37/h1-25H. The van der Waals surface area contributed by atoms with Crippen LogP contribution in [0.2, 0.25) is 0 Å². The smallest absolute Gasteiger partial charge is 0.165 e. The van der Waals surface area contributed by atoms with Crippen LogP contribution in [0.15, 0.2) is 152 Å². The van der Waals surface area contributed by atoms with Crippen LogP contribution in [0.1, 0.15) is 0 Å². The molecule has 0 saturated carbocycles. The number of rotatable bonds is 4. The van der Waals surface area contributed by atoms with E-state index in [9.17, 15) is 0 Å². The number of benzene rings is 6. The molecule has 0 spiro atoms. The molecule has 0 bridgehead atoms. The molecule has 0 saturated heterocycles. The van der Waals surface area contributed by atoms with Crippen molar-refractivity contribution in [3.05, 3.63) is 152 Å². The molecular weight excluding hydrogens is 498 g/mol. The Morgan fingerprint density at radius 3 is 1.46 bits per heavy atom. The maximum atomic E-state index is 5.09. The van der Waals surface area contributed by atoms with Gasteiger partial charge in [-0.25, -0.2) is 9.97 Å². The Balaban J connectivity index is 1.21. The first kappa shape index (κ1) is 23.4. The van der Waals surface area contributed by atoms with Crippen LogP contribution in [-0.2, 0) is 0 Å². The van der Waals surface area contributed by atoms with Gasteiger partial charge in [0.15, 0.2) is 5.65 Å². The number of hydrogen-bond donors (Lipinski definition) is 0. The third kappa shape index (κ3) is 4.07. The summed E-state index contributed by atoms with van der Waals surface area (Å²) in [7, 11) is 0. The molecule has 3 heteroatoms. The number of hydrogen-bond acceptors (Lipinski definition) is 2. The molecule has 0 fully saturated rings. The Morgan fingerprint density at radius 2 is 0.854 bits per heavy atom. The second-order valence-corrected chi connectivity index (χ2v) is 10.3. The number of aromatic nitrogens is 3. The molecule has 0 aliphatic rings. The Bertz CT molecular complexity index is 2160. The number of para-hydroxylation sites is 3. The lowest BCUT2D eigenvalue weighted by atomic mass is 9.97. The first-order chi connectivity index (χ1) is 20.3. The fourth-order valence-corrected chi connectivity index (χ4v) is 5.72. The van der Waals surface area contributed by atoms with Gasteiger partial charge in [0.1, 0.15) is 5.52 Å². The molecule has 6 aromatic carbocycles. The minimum absolute atomic E-state index is 0.872. The van der Waals surface area contributed by atoms with Crippen molar-refractivity contribution in [1.82, 2.24) is 14.5 Å². The van der Waals surface area contributed by atoms with Gasteiger partial charge in [0.2, 0.25) is 0 Å². The summed E-state index contributed by atoms with van der Waals surface area (Å²) in [5.74, 6) is 0. The predicted octanol–water partition coefficient (Wildman–Crippen LogP) is 9.73. The van der Waals surface area contributed by atoms with Gasteiger partial charge in [-0.05, 0) is 69.8 Å². The summed E-state index contributed by atoms with van der Waals surface area (Å²) in [5.41, 5.74) is 13.0. The van der Waals surface area contributed by atoms with Crippen LogP contribution in [0.5, 0.6) is 0 Å². The van der Waals surface area contributed by atoms with Gasteiger partial charge < -0.3 is 0 Å². The molecule has 0 N–H and O–H groups in total. The lowest BCUT2D eigenvalue weighted by Crippen LogP contribution is -1.96. The van der Waals surface area contributed by atoms with Gasteiger partial charge >= 0.3 is 0 Å². The molecule has 0 unspecified atom stereocenters. The maximum Gasteiger partial charge on any atom is 0.165 e. The normalized spacial score (nSPS) is 11.4. The lowest BCUT2D eigenvalue weighted by Gasteiger charge is -2.08. The largest absolute Gasteiger partial charge is 0.293 e. The van der Waals surface area contributed by atoms with E-state index in [1.165, 1.54) is 27.8 Å². The van der Waals surface area contributed by atoms with Crippen molar-refractivity contribution >= 4 is 33.1 Å². The monoisotopic (exact) mass is 523 g/mol. The van der Waals surface area contributed by atoms with Crippen LogP contribution in [0.4, 0.5) is 0 Å². The molecule has 3 nitrogen and oxygen atoms in total. The zero-order chi connectivity index (χ0) is 27.2. The van der Waals surface area contributed by atoms with E-state index in [1.54, 1.807) is 0 Å².